The van der Waals surface area contributed by atoms with E-state index in [9.17, 15) is 9.59 Å². The van der Waals surface area contributed by atoms with E-state index in [0.29, 0.717) is 27.3 Å². The number of thiophene rings is 1. The van der Waals surface area contributed by atoms with Crippen LogP contribution in [0.3, 0.4) is 0 Å². The fourth-order valence-corrected chi connectivity index (χ4v) is 2.95. The molecule has 138 valence electrons. The van der Waals surface area contributed by atoms with Crippen molar-refractivity contribution < 1.29 is 19.1 Å². The molecule has 0 saturated heterocycles. The molecule has 0 spiro atoms. The quantitative estimate of drug-likeness (QED) is 0.499. The number of hydrogen-bond donors (Lipinski definition) is 0. The first-order valence-electron chi connectivity index (χ1n) is 7.98. The first-order chi connectivity index (χ1) is 12.4. The first kappa shape index (κ1) is 20.0. The Balaban J connectivity index is 2.12. The van der Waals surface area contributed by atoms with Crippen LogP contribution in [-0.4, -0.2) is 43.9 Å². The Morgan fingerprint density at radius 3 is 2.54 bits per heavy atom. The minimum Gasteiger partial charge on any atom is -0.490 e. The first-order valence-corrected chi connectivity index (χ1v) is 9.17. The van der Waals surface area contributed by atoms with E-state index in [1.54, 1.807) is 50.5 Å². The molecular formula is C19H20ClNO4S. The lowest BCUT2D eigenvalue weighted by molar-refractivity contribution is -0.130. The number of likely N-dealkylation sites (N-methyl/N-ethyl adjacent to an activating group) is 1. The lowest BCUT2D eigenvalue weighted by atomic mass is 10.1. The summed E-state index contributed by atoms with van der Waals surface area (Å²) in [5.41, 5.74) is 0.788. The van der Waals surface area contributed by atoms with Crippen LogP contribution in [0.2, 0.25) is 4.34 Å². The zero-order valence-corrected chi connectivity index (χ0v) is 16.4. The highest BCUT2D eigenvalue weighted by Crippen LogP contribution is 2.29. The number of carbonyl (C=O) groups is 2. The third-order valence-corrected chi connectivity index (χ3v) is 4.61. The maximum atomic E-state index is 12.1. The van der Waals surface area contributed by atoms with Gasteiger partial charge in [-0.25, -0.2) is 0 Å². The Kier molecular flexibility index (Phi) is 7.24. The second-order valence-corrected chi connectivity index (χ2v) is 7.23. The molecule has 0 unspecified atom stereocenters. The number of carbonyl (C=O) groups excluding carboxylic acids is 2. The van der Waals surface area contributed by atoms with Gasteiger partial charge >= 0.3 is 0 Å². The normalized spacial score (nSPS) is 10.8. The molecule has 1 aromatic carbocycles. The van der Waals surface area contributed by atoms with E-state index >= 15 is 0 Å². The smallest absolute Gasteiger partial charge is 0.259 e. The van der Waals surface area contributed by atoms with E-state index in [2.05, 4.69) is 0 Å². The summed E-state index contributed by atoms with van der Waals surface area (Å²) in [5, 5.41) is 0. The summed E-state index contributed by atoms with van der Waals surface area (Å²) in [6.07, 6.45) is 3.19. The maximum absolute atomic E-state index is 12.1. The van der Waals surface area contributed by atoms with Crippen molar-refractivity contribution in [2.24, 2.45) is 0 Å². The van der Waals surface area contributed by atoms with E-state index in [0.717, 1.165) is 5.56 Å². The van der Waals surface area contributed by atoms with Crippen LogP contribution in [0.1, 0.15) is 22.2 Å². The third-order valence-electron chi connectivity index (χ3n) is 3.36. The van der Waals surface area contributed by atoms with Crippen LogP contribution < -0.4 is 9.47 Å². The highest BCUT2D eigenvalue weighted by Gasteiger charge is 2.10. The zero-order valence-electron chi connectivity index (χ0n) is 14.8. The molecule has 0 aliphatic carbocycles. The number of rotatable bonds is 8. The van der Waals surface area contributed by atoms with Crippen molar-refractivity contribution in [2.75, 3.05) is 27.3 Å². The van der Waals surface area contributed by atoms with E-state index < -0.39 is 0 Å². The Morgan fingerprint density at radius 2 is 1.92 bits per heavy atom. The van der Waals surface area contributed by atoms with Gasteiger partial charge in [-0.2, -0.15) is 0 Å². The SMILES string of the molecule is CCOc1cc(/C=C/C(=O)c2ccc(Cl)s2)ccc1OCC(=O)N(C)C. The van der Waals surface area contributed by atoms with E-state index in [1.807, 2.05) is 6.92 Å². The minimum atomic E-state index is -0.142. The third kappa shape index (κ3) is 5.61. The van der Waals surface area contributed by atoms with Gasteiger partial charge in [-0.05, 0) is 42.8 Å². The average molecular weight is 394 g/mol. The molecule has 0 fully saturated rings. The van der Waals surface area contributed by atoms with Crippen LogP contribution in [0.25, 0.3) is 6.08 Å². The molecule has 2 rings (SSSR count). The highest BCUT2D eigenvalue weighted by molar-refractivity contribution is 7.18. The monoisotopic (exact) mass is 393 g/mol. The van der Waals surface area contributed by atoms with Gasteiger partial charge in [0.05, 0.1) is 15.8 Å². The molecule has 1 amide bonds. The zero-order chi connectivity index (χ0) is 19.1. The molecule has 0 radical (unpaired) electrons. The standard InChI is InChI=1S/C19H20ClNO4S/c1-4-24-16-11-13(5-7-14(22)17-9-10-18(20)26-17)6-8-15(16)25-12-19(23)21(2)3/h5-11H,4,12H2,1-3H3/b7-5+. The van der Waals surface area contributed by atoms with Gasteiger partial charge in [0.2, 0.25) is 0 Å². The molecule has 0 saturated carbocycles. The Labute approximate surface area is 161 Å². The summed E-state index contributed by atoms with van der Waals surface area (Å²) < 4.78 is 11.7. The maximum Gasteiger partial charge on any atom is 0.259 e. The van der Waals surface area contributed by atoms with E-state index in [4.69, 9.17) is 21.1 Å². The summed E-state index contributed by atoms with van der Waals surface area (Å²) in [4.78, 5) is 25.8. The molecule has 26 heavy (non-hydrogen) atoms. The van der Waals surface area contributed by atoms with Gasteiger partial charge in [0.25, 0.3) is 5.91 Å². The number of ketones is 1. The van der Waals surface area contributed by atoms with Crippen LogP contribution in [0.15, 0.2) is 36.4 Å². The molecule has 1 heterocycles. The van der Waals surface area contributed by atoms with Crippen molar-refractivity contribution in [1.82, 2.24) is 4.90 Å². The molecule has 0 N–H and O–H groups in total. The van der Waals surface area contributed by atoms with Crippen LogP contribution in [0.5, 0.6) is 11.5 Å². The predicted octanol–water partition coefficient (Wildman–Crippen LogP) is 4.16. The average Bonchev–Trinajstić information content (AvgIpc) is 3.05. The molecular weight excluding hydrogens is 374 g/mol. The van der Waals surface area contributed by atoms with Crippen molar-refractivity contribution in [2.45, 2.75) is 6.92 Å². The predicted molar refractivity (Wildman–Crippen MR) is 104 cm³/mol. The Bertz CT molecular complexity index is 814. The van der Waals surface area contributed by atoms with Crippen molar-refractivity contribution in [3.63, 3.8) is 0 Å². The lowest BCUT2D eigenvalue weighted by Crippen LogP contribution is -2.27. The highest BCUT2D eigenvalue weighted by atomic mass is 35.5. The van der Waals surface area contributed by atoms with Crippen molar-refractivity contribution in [3.8, 4) is 11.5 Å². The molecule has 2 aromatic rings. The van der Waals surface area contributed by atoms with Crippen molar-refractivity contribution >= 4 is 40.7 Å². The number of benzene rings is 1. The number of allylic oxidation sites excluding steroid dienone is 1. The molecule has 0 aliphatic heterocycles. The van der Waals surface area contributed by atoms with E-state index in [-0.39, 0.29) is 18.3 Å². The van der Waals surface area contributed by atoms with Gasteiger partial charge in [-0.3, -0.25) is 9.59 Å². The molecule has 1 aromatic heterocycles. The van der Waals surface area contributed by atoms with Crippen molar-refractivity contribution in [3.05, 3.63) is 51.2 Å². The number of amides is 1. The summed E-state index contributed by atoms with van der Waals surface area (Å²) in [6.45, 7) is 2.25. The molecule has 5 nitrogen and oxygen atoms in total. The second-order valence-electron chi connectivity index (χ2n) is 5.52. The number of nitrogens with zero attached hydrogens (tertiary/aromatic N) is 1. The summed E-state index contributed by atoms with van der Waals surface area (Å²) in [6, 6.07) is 8.68. The Hall–Kier alpha value is -2.31. The van der Waals surface area contributed by atoms with Gasteiger partial charge in [-0.1, -0.05) is 23.7 Å². The topological polar surface area (TPSA) is 55.8 Å². The molecule has 0 bridgehead atoms. The van der Waals surface area contributed by atoms with Gasteiger partial charge < -0.3 is 14.4 Å². The largest absolute Gasteiger partial charge is 0.490 e. The lowest BCUT2D eigenvalue weighted by Gasteiger charge is -2.14. The van der Waals surface area contributed by atoms with Crippen LogP contribution in [0.4, 0.5) is 0 Å². The molecule has 7 heteroatoms. The summed E-state index contributed by atoms with van der Waals surface area (Å²) >= 11 is 7.09. The minimum absolute atomic E-state index is 0.0696. The van der Waals surface area contributed by atoms with Gasteiger partial charge in [-0.15, -0.1) is 11.3 Å². The number of hydrogen-bond acceptors (Lipinski definition) is 5. The molecule has 0 aliphatic rings. The summed E-state index contributed by atoms with van der Waals surface area (Å²) in [5.74, 6) is 0.747. The Morgan fingerprint density at radius 1 is 1.15 bits per heavy atom. The molecule has 0 atom stereocenters. The van der Waals surface area contributed by atoms with Gasteiger partial charge in [0, 0.05) is 14.1 Å². The fraction of sp³-hybridized carbons (Fsp3) is 0.263. The van der Waals surface area contributed by atoms with Crippen LogP contribution in [0, 0.1) is 0 Å². The number of ether oxygens (including phenoxy) is 2. The van der Waals surface area contributed by atoms with Crippen LogP contribution in [-0.2, 0) is 4.79 Å². The van der Waals surface area contributed by atoms with Gasteiger partial charge in [0.1, 0.15) is 0 Å². The van der Waals surface area contributed by atoms with E-state index in [1.165, 1.54) is 22.3 Å². The fourth-order valence-electron chi connectivity index (χ4n) is 1.99. The number of halogens is 1. The summed E-state index contributed by atoms with van der Waals surface area (Å²) in [7, 11) is 3.33. The van der Waals surface area contributed by atoms with Crippen molar-refractivity contribution in [1.29, 1.82) is 0 Å². The second kappa shape index (κ2) is 9.40. The van der Waals surface area contributed by atoms with Gasteiger partial charge in [0.15, 0.2) is 23.9 Å². The van der Waals surface area contributed by atoms with Crippen LogP contribution >= 0.6 is 22.9 Å².